The van der Waals surface area contributed by atoms with Gasteiger partial charge in [-0.25, -0.2) is 15.0 Å². The van der Waals surface area contributed by atoms with Gasteiger partial charge in [0.1, 0.15) is 22.6 Å². The Kier molecular flexibility index (Phi) is 4.18. The van der Waals surface area contributed by atoms with Crippen molar-refractivity contribution in [3.63, 3.8) is 0 Å². The van der Waals surface area contributed by atoms with Crippen molar-refractivity contribution in [3.05, 3.63) is 53.6 Å². The fourth-order valence-electron chi connectivity index (χ4n) is 4.38. The maximum absolute atomic E-state index is 11.8. The number of carbonyl (C=O) groups excluding carboxylic acids is 1. The van der Waals surface area contributed by atoms with Crippen LogP contribution in [0, 0.1) is 11.8 Å². The van der Waals surface area contributed by atoms with Gasteiger partial charge in [0.2, 0.25) is 5.91 Å². The molecule has 6 rings (SSSR count). The standard InChI is InChI=1S/C24H22N6O2/c1-14(31)29-10-8-17(13-29)23-27-18(21-22(25)26-9-11-30(21)23)6-2-15-3-7-20-19(12-15)28-24(32-20)16-4-5-16/h3,7,9,11-12,16-17H,4-5,8,10,13H2,1H3,(H2,25,26)/t17-/m0/s1. The predicted octanol–water partition coefficient (Wildman–Crippen LogP) is 3.07. The van der Waals surface area contributed by atoms with E-state index in [0.717, 1.165) is 54.2 Å². The molecule has 3 aromatic heterocycles. The number of rotatable bonds is 2. The van der Waals surface area contributed by atoms with Crippen molar-refractivity contribution in [2.24, 2.45) is 0 Å². The van der Waals surface area contributed by atoms with Crippen LogP contribution in [0.25, 0.3) is 16.6 Å². The lowest BCUT2D eigenvalue weighted by molar-refractivity contribution is -0.127. The van der Waals surface area contributed by atoms with Crippen molar-refractivity contribution in [1.82, 2.24) is 24.3 Å². The van der Waals surface area contributed by atoms with Gasteiger partial charge in [-0.1, -0.05) is 5.92 Å². The molecule has 0 radical (unpaired) electrons. The first-order valence-corrected chi connectivity index (χ1v) is 10.9. The molecule has 1 saturated carbocycles. The fraction of sp³-hybridized carbons (Fsp3) is 0.333. The van der Waals surface area contributed by atoms with Gasteiger partial charge in [0, 0.05) is 49.8 Å². The predicted molar refractivity (Wildman–Crippen MR) is 119 cm³/mol. The molecule has 2 aliphatic rings. The van der Waals surface area contributed by atoms with E-state index in [1.807, 2.05) is 33.7 Å². The molecule has 32 heavy (non-hydrogen) atoms. The minimum Gasteiger partial charge on any atom is -0.440 e. The van der Waals surface area contributed by atoms with Crippen LogP contribution in [0.5, 0.6) is 0 Å². The molecule has 160 valence electrons. The second kappa shape index (κ2) is 7.09. The molecule has 1 aliphatic heterocycles. The summed E-state index contributed by atoms with van der Waals surface area (Å²) < 4.78 is 7.80. The number of nitrogens with two attached hydrogens (primary N) is 1. The van der Waals surface area contributed by atoms with Crippen LogP contribution in [0.2, 0.25) is 0 Å². The first-order chi connectivity index (χ1) is 15.6. The normalized spacial score (nSPS) is 18.3. The summed E-state index contributed by atoms with van der Waals surface area (Å²) in [5.74, 6) is 9.16. The first-order valence-electron chi connectivity index (χ1n) is 10.9. The van der Waals surface area contributed by atoms with Crippen molar-refractivity contribution in [2.45, 2.75) is 38.0 Å². The van der Waals surface area contributed by atoms with E-state index < -0.39 is 0 Å². The lowest BCUT2D eigenvalue weighted by atomic mass is 10.1. The zero-order valence-electron chi connectivity index (χ0n) is 17.7. The molecule has 0 unspecified atom stereocenters. The minimum absolute atomic E-state index is 0.0858. The molecule has 1 aliphatic carbocycles. The monoisotopic (exact) mass is 426 g/mol. The Labute approximate surface area is 184 Å². The summed E-state index contributed by atoms with van der Waals surface area (Å²) in [6, 6.07) is 5.79. The van der Waals surface area contributed by atoms with Crippen LogP contribution in [0.1, 0.15) is 61.0 Å². The summed E-state index contributed by atoms with van der Waals surface area (Å²) in [6.45, 7) is 2.98. The summed E-state index contributed by atoms with van der Waals surface area (Å²) in [7, 11) is 0. The Morgan fingerprint density at radius 2 is 2.06 bits per heavy atom. The van der Waals surface area contributed by atoms with Crippen LogP contribution in [-0.4, -0.2) is 43.2 Å². The van der Waals surface area contributed by atoms with E-state index in [1.165, 1.54) is 0 Å². The Morgan fingerprint density at radius 3 is 2.84 bits per heavy atom. The number of nitrogen functional groups attached to an aromatic ring is 1. The lowest BCUT2D eigenvalue weighted by Gasteiger charge is -2.13. The second-order valence-electron chi connectivity index (χ2n) is 8.56. The Hall–Kier alpha value is -3.86. The maximum Gasteiger partial charge on any atom is 0.219 e. The summed E-state index contributed by atoms with van der Waals surface area (Å²) in [5.41, 5.74) is 9.94. The summed E-state index contributed by atoms with van der Waals surface area (Å²) in [5, 5.41) is 0. The molecule has 1 amide bonds. The highest BCUT2D eigenvalue weighted by Gasteiger charge is 2.30. The quantitative estimate of drug-likeness (QED) is 0.494. The summed E-state index contributed by atoms with van der Waals surface area (Å²) in [6.07, 6.45) is 6.68. The highest BCUT2D eigenvalue weighted by atomic mass is 16.3. The molecule has 8 nitrogen and oxygen atoms in total. The molecule has 1 atom stereocenters. The number of hydrogen-bond acceptors (Lipinski definition) is 6. The summed E-state index contributed by atoms with van der Waals surface area (Å²) >= 11 is 0. The number of amides is 1. The van der Waals surface area contributed by atoms with Gasteiger partial charge >= 0.3 is 0 Å². The van der Waals surface area contributed by atoms with Crippen molar-refractivity contribution < 1.29 is 9.21 Å². The largest absolute Gasteiger partial charge is 0.440 e. The van der Waals surface area contributed by atoms with Crippen LogP contribution < -0.4 is 5.73 Å². The van der Waals surface area contributed by atoms with Crippen LogP contribution in [-0.2, 0) is 4.79 Å². The summed E-state index contributed by atoms with van der Waals surface area (Å²) in [4.78, 5) is 27.3. The van der Waals surface area contributed by atoms with Crippen LogP contribution in [0.3, 0.4) is 0 Å². The topological polar surface area (TPSA) is 103 Å². The van der Waals surface area contributed by atoms with Gasteiger partial charge in [-0.3, -0.25) is 9.20 Å². The van der Waals surface area contributed by atoms with E-state index in [1.54, 1.807) is 13.1 Å². The SMILES string of the molecule is CC(=O)N1CC[C@H](c2nc(C#Cc3ccc4oc(C5CC5)nc4c3)c3c(N)nccn23)C1. The van der Waals surface area contributed by atoms with Gasteiger partial charge in [0.05, 0.1) is 0 Å². The zero-order chi connectivity index (χ0) is 21.8. The average molecular weight is 426 g/mol. The number of hydrogen-bond donors (Lipinski definition) is 1. The molecule has 1 saturated heterocycles. The number of benzene rings is 1. The van der Waals surface area contributed by atoms with Gasteiger partial charge in [-0.2, -0.15) is 0 Å². The molecule has 1 aromatic carbocycles. The highest BCUT2D eigenvalue weighted by Crippen LogP contribution is 2.40. The molecule has 4 aromatic rings. The first kappa shape index (κ1) is 18.9. The molecule has 4 heterocycles. The van der Waals surface area contributed by atoms with Crippen LogP contribution in [0.4, 0.5) is 5.82 Å². The third-order valence-electron chi connectivity index (χ3n) is 6.27. The van der Waals surface area contributed by atoms with E-state index >= 15 is 0 Å². The van der Waals surface area contributed by atoms with Crippen molar-refractivity contribution in [1.29, 1.82) is 0 Å². The highest BCUT2D eigenvalue weighted by molar-refractivity contribution is 5.77. The van der Waals surface area contributed by atoms with E-state index in [2.05, 4.69) is 21.8 Å². The van der Waals surface area contributed by atoms with Crippen molar-refractivity contribution in [3.8, 4) is 11.8 Å². The Morgan fingerprint density at radius 1 is 1.19 bits per heavy atom. The Balaban J connectivity index is 1.38. The lowest BCUT2D eigenvalue weighted by Crippen LogP contribution is -2.25. The number of oxazole rings is 1. The van der Waals surface area contributed by atoms with Crippen molar-refractivity contribution >= 4 is 28.3 Å². The molecular formula is C24H22N6O2. The molecule has 0 spiro atoms. The van der Waals surface area contributed by atoms with Gasteiger partial charge in [0.15, 0.2) is 17.3 Å². The van der Waals surface area contributed by atoms with Crippen LogP contribution >= 0.6 is 0 Å². The number of anilines is 1. The van der Waals surface area contributed by atoms with E-state index in [-0.39, 0.29) is 11.8 Å². The van der Waals surface area contributed by atoms with Crippen molar-refractivity contribution in [2.75, 3.05) is 18.8 Å². The smallest absolute Gasteiger partial charge is 0.219 e. The maximum atomic E-state index is 11.8. The van der Waals surface area contributed by atoms with Gasteiger partial charge in [-0.05, 0) is 43.4 Å². The van der Waals surface area contributed by atoms with Gasteiger partial charge in [-0.15, -0.1) is 0 Å². The van der Waals surface area contributed by atoms with E-state index in [0.29, 0.717) is 29.5 Å². The number of fused-ring (bicyclic) bond motifs is 2. The number of aromatic nitrogens is 4. The molecular weight excluding hydrogens is 404 g/mol. The number of imidazole rings is 1. The molecule has 2 N–H and O–H groups in total. The van der Waals surface area contributed by atoms with Gasteiger partial charge < -0.3 is 15.1 Å². The minimum atomic E-state index is 0.0858. The third kappa shape index (κ3) is 3.17. The molecule has 2 fully saturated rings. The number of nitrogens with zero attached hydrogens (tertiary/aromatic N) is 5. The Bertz CT molecular complexity index is 1440. The average Bonchev–Trinajstić information content (AvgIpc) is 3.21. The van der Waals surface area contributed by atoms with Gasteiger partial charge in [0.25, 0.3) is 0 Å². The molecule has 0 bridgehead atoms. The number of carbonyl (C=O) groups is 1. The van der Waals surface area contributed by atoms with E-state index in [4.69, 9.17) is 15.1 Å². The second-order valence-corrected chi connectivity index (χ2v) is 8.56. The van der Waals surface area contributed by atoms with Crippen LogP contribution in [0.15, 0.2) is 35.0 Å². The number of likely N-dealkylation sites (tertiary alicyclic amines) is 1. The fourth-order valence-corrected chi connectivity index (χ4v) is 4.38. The zero-order valence-corrected chi connectivity index (χ0v) is 17.7. The van der Waals surface area contributed by atoms with E-state index in [9.17, 15) is 4.79 Å². The molecule has 8 heteroatoms. The third-order valence-corrected chi connectivity index (χ3v) is 6.27.